The molecule has 2 N–H and O–H groups in total. The summed E-state index contributed by atoms with van der Waals surface area (Å²) in [6.07, 6.45) is 0. The van der Waals surface area contributed by atoms with Crippen LogP contribution in [0.4, 0.5) is 0 Å². The van der Waals surface area contributed by atoms with E-state index in [1.54, 1.807) is 0 Å². The zero-order chi connectivity index (χ0) is 16.1. The zero-order valence-corrected chi connectivity index (χ0v) is 13.8. The second-order valence-corrected chi connectivity index (χ2v) is 5.36. The first-order valence-corrected chi connectivity index (χ1v) is 7.53. The fourth-order valence-electron chi connectivity index (χ4n) is 2.20. The fraction of sp³-hybridized carbons (Fsp3) is 0.400. The van der Waals surface area contributed by atoms with E-state index < -0.39 is 0 Å². The topological polar surface area (TPSA) is 71.9 Å². The van der Waals surface area contributed by atoms with E-state index in [9.17, 15) is 4.79 Å². The molecule has 1 amide bonds. The summed E-state index contributed by atoms with van der Waals surface area (Å²) in [6, 6.07) is 5.88. The molecule has 2 aromatic rings. The largest absolute Gasteiger partial charge is 0.483 e. The zero-order valence-electron chi connectivity index (χ0n) is 13.0. The predicted octanol–water partition coefficient (Wildman–Crippen LogP) is 2.27. The minimum atomic E-state index is -0.195. The van der Waals surface area contributed by atoms with Crippen molar-refractivity contribution in [2.75, 3.05) is 6.61 Å². The molecule has 1 aromatic carbocycles. The molecule has 0 unspecified atom stereocenters. The molecule has 0 aliphatic carbocycles. The number of para-hydroxylation sites is 1. The van der Waals surface area contributed by atoms with E-state index in [1.165, 1.54) is 0 Å². The lowest BCUT2D eigenvalue weighted by atomic mass is 10.1. The van der Waals surface area contributed by atoms with Crippen molar-refractivity contribution in [3.8, 4) is 5.75 Å². The molecule has 1 heterocycles. The van der Waals surface area contributed by atoms with Crippen LogP contribution in [0.5, 0.6) is 5.75 Å². The van der Waals surface area contributed by atoms with Crippen LogP contribution in [0.3, 0.4) is 0 Å². The molecule has 0 fully saturated rings. The minimum Gasteiger partial charge on any atom is -0.483 e. The Balaban J connectivity index is 1.90. The van der Waals surface area contributed by atoms with Crippen molar-refractivity contribution in [1.29, 1.82) is 0 Å². The highest BCUT2D eigenvalue weighted by Crippen LogP contribution is 2.21. The molecule has 118 valence electrons. The molecule has 0 saturated heterocycles. The maximum atomic E-state index is 11.9. The van der Waals surface area contributed by atoms with Gasteiger partial charge < -0.3 is 14.6 Å². The second kappa shape index (κ2) is 7.22. The molecule has 0 aliphatic rings. The number of carbonyl (C=O) groups is 1. The summed E-state index contributed by atoms with van der Waals surface area (Å²) in [6.45, 7) is 6.89. The Morgan fingerprint density at radius 2 is 2.09 bits per heavy atom. The normalized spacial score (nSPS) is 10.5. The van der Waals surface area contributed by atoms with Crippen molar-refractivity contribution >= 4 is 18.1 Å². The smallest absolute Gasteiger partial charge is 0.258 e. The summed E-state index contributed by atoms with van der Waals surface area (Å²) in [7, 11) is 0. The number of aryl methyl sites for hydroxylation is 2. The molecule has 22 heavy (non-hydrogen) atoms. The molecule has 1 aromatic heterocycles. The lowest BCUT2D eigenvalue weighted by Gasteiger charge is -2.12. The van der Waals surface area contributed by atoms with Gasteiger partial charge >= 0.3 is 0 Å². The van der Waals surface area contributed by atoms with Crippen molar-refractivity contribution in [1.82, 2.24) is 20.1 Å². The van der Waals surface area contributed by atoms with Gasteiger partial charge in [0.25, 0.3) is 5.91 Å². The third kappa shape index (κ3) is 3.73. The summed E-state index contributed by atoms with van der Waals surface area (Å²) in [5.74, 6) is 1.26. The van der Waals surface area contributed by atoms with Crippen LogP contribution in [0.1, 0.15) is 23.9 Å². The highest BCUT2D eigenvalue weighted by atomic mass is 32.1. The number of ether oxygens (including phenoxy) is 1. The molecule has 6 nitrogen and oxygen atoms in total. The number of nitrogens with zero attached hydrogens (tertiary/aromatic N) is 2. The molecular weight excluding hydrogens is 300 g/mol. The number of nitrogens with one attached hydrogen (secondary N) is 2. The van der Waals surface area contributed by atoms with Gasteiger partial charge in [0, 0.05) is 6.54 Å². The summed E-state index contributed by atoms with van der Waals surface area (Å²) in [4.78, 5) is 11.9. The van der Waals surface area contributed by atoms with Crippen molar-refractivity contribution in [2.24, 2.45) is 0 Å². The van der Waals surface area contributed by atoms with Gasteiger partial charge in [0.15, 0.2) is 17.2 Å². The van der Waals surface area contributed by atoms with Crippen molar-refractivity contribution in [3.05, 3.63) is 39.9 Å². The average Bonchev–Trinajstić information content (AvgIpc) is 2.84. The Morgan fingerprint density at radius 3 is 2.73 bits per heavy atom. The van der Waals surface area contributed by atoms with Crippen LogP contribution >= 0.6 is 12.2 Å². The van der Waals surface area contributed by atoms with Crippen LogP contribution in [-0.4, -0.2) is 27.3 Å². The second-order valence-electron chi connectivity index (χ2n) is 4.98. The number of amides is 1. The van der Waals surface area contributed by atoms with Gasteiger partial charge in [-0.2, -0.15) is 5.10 Å². The summed E-state index contributed by atoms with van der Waals surface area (Å²) in [5.41, 5.74) is 2.03. The van der Waals surface area contributed by atoms with Gasteiger partial charge in [0.2, 0.25) is 0 Å². The Hall–Kier alpha value is -2.15. The monoisotopic (exact) mass is 320 g/mol. The van der Waals surface area contributed by atoms with Gasteiger partial charge in [-0.25, -0.2) is 0 Å². The Morgan fingerprint density at radius 1 is 1.41 bits per heavy atom. The van der Waals surface area contributed by atoms with Gasteiger partial charge in [0.05, 0.1) is 6.54 Å². The van der Waals surface area contributed by atoms with E-state index in [1.807, 2.05) is 43.5 Å². The quantitative estimate of drug-likeness (QED) is 0.801. The van der Waals surface area contributed by atoms with E-state index in [2.05, 4.69) is 15.5 Å². The van der Waals surface area contributed by atoms with Gasteiger partial charge in [-0.1, -0.05) is 18.2 Å². The molecule has 0 bridgehead atoms. The first-order valence-electron chi connectivity index (χ1n) is 7.12. The van der Waals surface area contributed by atoms with Crippen LogP contribution in [0.25, 0.3) is 0 Å². The Kier molecular flexibility index (Phi) is 5.32. The molecule has 7 heteroatoms. The molecule has 0 radical (unpaired) electrons. The van der Waals surface area contributed by atoms with Crippen LogP contribution in [0, 0.1) is 18.6 Å². The molecule has 0 spiro atoms. The molecule has 0 aliphatic heterocycles. The van der Waals surface area contributed by atoms with E-state index in [0.29, 0.717) is 23.7 Å². The van der Waals surface area contributed by atoms with Gasteiger partial charge in [-0.05, 0) is 44.1 Å². The fourth-order valence-corrected chi connectivity index (χ4v) is 2.48. The number of hydrogen-bond donors (Lipinski definition) is 2. The lowest BCUT2D eigenvalue weighted by molar-refractivity contribution is -0.123. The SMILES string of the molecule is CCn1c(CNC(=O)COc2c(C)cccc2C)n[nH]c1=S. The van der Waals surface area contributed by atoms with E-state index in [0.717, 1.165) is 16.9 Å². The highest BCUT2D eigenvalue weighted by molar-refractivity contribution is 7.71. The van der Waals surface area contributed by atoms with E-state index >= 15 is 0 Å². The van der Waals surface area contributed by atoms with Gasteiger partial charge in [-0.15, -0.1) is 0 Å². The summed E-state index contributed by atoms with van der Waals surface area (Å²) < 4.78 is 8.00. The van der Waals surface area contributed by atoms with E-state index in [4.69, 9.17) is 17.0 Å². The third-order valence-electron chi connectivity index (χ3n) is 3.35. The predicted molar refractivity (Wildman–Crippen MR) is 86.3 cm³/mol. The van der Waals surface area contributed by atoms with Gasteiger partial charge in [-0.3, -0.25) is 9.89 Å². The number of hydrogen-bond acceptors (Lipinski definition) is 4. The number of benzene rings is 1. The minimum absolute atomic E-state index is 0.0248. The lowest BCUT2D eigenvalue weighted by Crippen LogP contribution is -2.29. The van der Waals surface area contributed by atoms with E-state index in [-0.39, 0.29) is 12.5 Å². The van der Waals surface area contributed by atoms with Gasteiger partial charge in [0.1, 0.15) is 5.75 Å². The first-order chi connectivity index (χ1) is 10.5. The highest BCUT2D eigenvalue weighted by Gasteiger charge is 2.09. The van der Waals surface area contributed by atoms with Crippen molar-refractivity contribution in [2.45, 2.75) is 33.9 Å². The maximum absolute atomic E-state index is 11.9. The van der Waals surface area contributed by atoms with Crippen molar-refractivity contribution < 1.29 is 9.53 Å². The van der Waals surface area contributed by atoms with Crippen LogP contribution in [0.2, 0.25) is 0 Å². The molecular formula is C15H20N4O2S. The third-order valence-corrected chi connectivity index (χ3v) is 3.67. The summed E-state index contributed by atoms with van der Waals surface area (Å²) >= 11 is 5.10. The number of aromatic amines is 1. The first kappa shape index (κ1) is 16.2. The molecule has 0 atom stereocenters. The summed E-state index contributed by atoms with van der Waals surface area (Å²) in [5, 5.41) is 9.60. The standard InChI is InChI=1S/C15H20N4O2S/c1-4-19-12(17-18-15(19)22)8-16-13(20)9-21-14-10(2)6-5-7-11(14)3/h5-7H,4,8-9H2,1-3H3,(H,16,20)(H,18,22). The molecule has 2 rings (SSSR count). The number of H-pyrrole nitrogens is 1. The average molecular weight is 320 g/mol. The van der Waals surface area contributed by atoms with Crippen LogP contribution in [0.15, 0.2) is 18.2 Å². The number of carbonyl (C=O) groups excluding carboxylic acids is 1. The number of aromatic nitrogens is 3. The molecule has 0 saturated carbocycles. The Bertz CT molecular complexity index is 700. The van der Waals surface area contributed by atoms with Crippen LogP contribution < -0.4 is 10.1 Å². The van der Waals surface area contributed by atoms with Crippen LogP contribution in [-0.2, 0) is 17.9 Å². The maximum Gasteiger partial charge on any atom is 0.258 e. The number of rotatable bonds is 6. The Labute approximate surface area is 134 Å². The van der Waals surface area contributed by atoms with Crippen molar-refractivity contribution in [3.63, 3.8) is 0 Å².